The molecule has 2 atom stereocenters. The molecule has 224 valence electrons. The van der Waals surface area contributed by atoms with Crippen LogP contribution < -0.4 is 15.6 Å². The Balaban J connectivity index is 1.52. The van der Waals surface area contributed by atoms with Crippen LogP contribution in [-0.2, 0) is 14.9 Å². The Labute approximate surface area is 255 Å². The number of nitro groups is 1. The molecule has 1 saturated carbocycles. The Morgan fingerprint density at radius 3 is 2.53 bits per heavy atom. The number of amides is 2. The molecule has 5 rings (SSSR count). The number of carbonyl (C=O) groups excluding carboxylic acids is 2. The van der Waals surface area contributed by atoms with Gasteiger partial charge >= 0.3 is 0 Å². The molecule has 2 aliphatic rings. The van der Waals surface area contributed by atoms with Gasteiger partial charge in [-0.2, -0.15) is 5.10 Å². The molecule has 3 aromatic rings. The van der Waals surface area contributed by atoms with Crippen molar-refractivity contribution < 1.29 is 27.5 Å². The molecular formula is C27H23Cl2N6O7S-. The Morgan fingerprint density at radius 2 is 1.88 bits per heavy atom. The van der Waals surface area contributed by atoms with E-state index < -0.39 is 43.5 Å². The zero-order valence-corrected chi connectivity index (χ0v) is 24.7. The number of hydrazone groups is 1. The summed E-state index contributed by atoms with van der Waals surface area (Å²) in [6.45, 7) is 1.90. The molecule has 0 bridgehead atoms. The summed E-state index contributed by atoms with van der Waals surface area (Å²) in [6, 6.07) is 9.40. The van der Waals surface area contributed by atoms with Crippen LogP contribution in [0.3, 0.4) is 0 Å². The number of hydrogen-bond donors (Lipinski definition) is 2. The first-order chi connectivity index (χ1) is 20.3. The number of anilines is 2. The number of carbonyl (C=O) groups is 2. The van der Waals surface area contributed by atoms with Crippen molar-refractivity contribution in [3.05, 3.63) is 86.0 Å². The lowest BCUT2D eigenvalue weighted by molar-refractivity contribution is -0.388. The number of aromatic nitrogens is 1. The van der Waals surface area contributed by atoms with Crippen LogP contribution in [0.5, 0.6) is 0 Å². The van der Waals surface area contributed by atoms with Crippen LogP contribution in [0, 0.1) is 16.0 Å². The number of hydrogen-bond acceptors (Lipinski definition) is 10. The topological polar surface area (TPSA) is 187 Å². The molecule has 0 spiro atoms. The summed E-state index contributed by atoms with van der Waals surface area (Å²) >= 11 is 12.5. The molecule has 1 aromatic heterocycles. The highest BCUT2D eigenvalue weighted by atomic mass is 35.5. The minimum Gasteiger partial charge on any atom is -0.744 e. The van der Waals surface area contributed by atoms with Crippen molar-refractivity contribution in [2.24, 2.45) is 11.0 Å². The Morgan fingerprint density at radius 1 is 1.14 bits per heavy atom. The summed E-state index contributed by atoms with van der Waals surface area (Å²) in [5.74, 6) is -0.688. The molecular weight excluding hydrogens is 623 g/mol. The molecule has 2 aromatic carbocycles. The van der Waals surface area contributed by atoms with Crippen LogP contribution in [0.4, 0.5) is 17.2 Å². The number of rotatable bonds is 9. The summed E-state index contributed by atoms with van der Waals surface area (Å²) in [5.41, 5.74) is -1.02. The number of halogens is 2. The maximum atomic E-state index is 13.8. The second-order valence-electron chi connectivity index (χ2n) is 10.1. The minimum atomic E-state index is -5.22. The van der Waals surface area contributed by atoms with Gasteiger partial charge in [-0.25, -0.2) is 18.4 Å². The highest BCUT2D eigenvalue weighted by Gasteiger charge is 2.39. The van der Waals surface area contributed by atoms with Gasteiger partial charge in [-0.15, -0.1) is 0 Å². The van der Waals surface area contributed by atoms with Crippen molar-refractivity contribution in [3.8, 4) is 0 Å². The van der Waals surface area contributed by atoms with Gasteiger partial charge in [0.2, 0.25) is 5.91 Å². The molecule has 2 N–H and O–H groups in total. The van der Waals surface area contributed by atoms with Gasteiger partial charge in [-0.1, -0.05) is 29.3 Å². The summed E-state index contributed by atoms with van der Waals surface area (Å²) in [6.07, 6.45) is 3.16. The standard InChI is InChI=1S/C27H24Cl2N6O7S/c1-14(15-7-8-15)31-26(36)18-12-16(28)9-10-20(18)32-27(37)22-13-21(33-34(22)25-19(29)5-3-11-30-25)17-4-2-6-23(43(40,41)42)24(17)35(38)39/h2-6,9-12,14-15,22H,7-8,13H2,1H3,(H,31,36)(H,32,37)(H,40,41,42)/p-1. The van der Waals surface area contributed by atoms with E-state index in [-0.39, 0.29) is 50.9 Å². The Hall–Kier alpha value is -4.11. The fourth-order valence-electron chi connectivity index (χ4n) is 4.79. The molecule has 43 heavy (non-hydrogen) atoms. The van der Waals surface area contributed by atoms with E-state index in [9.17, 15) is 32.7 Å². The summed E-state index contributed by atoms with van der Waals surface area (Å²) < 4.78 is 35.4. The van der Waals surface area contributed by atoms with Crippen LogP contribution in [-0.4, -0.2) is 52.5 Å². The minimum absolute atomic E-state index is 0.0434. The normalized spacial score (nSPS) is 17.3. The van der Waals surface area contributed by atoms with Crippen molar-refractivity contribution in [1.82, 2.24) is 10.3 Å². The fraction of sp³-hybridized carbons (Fsp3) is 0.259. The van der Waals surface area contributed by atoms with Crippen LogP contribution in [0.25, 0.3) is 0 Å². The van der Waals surface area contributed by atoms with Crippen molar-refractivity contribution in [2.75, 3.05) is 10.3 Å². The van der Waals surface area contributed by atoms with Gasteiger partial charge < -0.3 is 15.2 Å². The molecule has 16 heteroatoms. The average molecular weight is 646 g/mol. The number of benzene rings is 2. The first kappa shape index (κ1) is 30.4. The monoisotopic (exact) mass is 645 g/mol. The Kier molecular flexibility index (Phi) is 8.38. The van der Waals surface area contributed by atoms with Crippen LogP contribution in [0.1, 0.15) is 42.1 Å². The third-order valence-electron chi connectivity index (χ3n) is 7.10. The number of para-hydroxylation sites is 1. The number of nitrogens with zero attached hydrogens (tertiary/aromatic N) is 4. The Bertz CT molecular complexity index is 1780. The van der Waals surface area contributed by atoms with Crippen molar-refractivity contribution >= 4 is 68.0 Å². The molecule has 0 saturated heterocycles. The second-order valence-corrected chi connectivity index (χ2v) is 12.3. The zero-order valence-electron chi connectivity index (χ0n) is 22.4. The smallest absolute Gasteiger partial charge is 0.295 e. The van der Waals surface area contributed by atoms with E-state index >= 15 is 0 Å². The van der Waals surface area contributed by atoms with E-state index in [0.29, 0.717) is 5.92 Å². The van der Waals surface area contributed by atoms with E-state index in [0.717, 1.165) is 23.9 Å². The summed E-state index contributed by atoms with van der Waals surface area (Å²) in [7, 11) is -5.22. The van der Waals surface area contributed by atoms with Gasteiger partial charge in [0, 0.05) is 23.7 Å². The quantitative estimate of drug-likeness (QED) is 0.194. The second kappa shape index (κ2) is 11.9. The maximum Gasteiger partial charge on any atom is 0.295 e. The molecule has 0 radical (unpaired) electrons. The van der Waals surface area contributed by atoms with Gasteiger partial charge in [-0.05, 0) is 68.1 Å². The SMILES string of the molecule is CC(NC(=O)c1cc(Cl)ccc1NC(=O)C1CC(c2cccc(S(=O)(=O)[O-])c2[N+](=O)[O-])=NN1c1ncccc1Cl)C1CC1. The van der Waals surface area contributed by atoms with Gasteiger partial charge in [-0.3, -0.25) is 19.7 Å². The van der Waals surface area contributed by atoms with Gasteiger partial charge in [0.05, 0.1) is 32.5 Å². The van der Waals surface area contributed by atoms with Crippen LogP contribution in [0.2, 0.25) is 10.0 Å². The van der Waals surface area contributed by atoms with E-state index in [4.69, 9.17) is 23.2 Å². The fourth-order valence-corrected chi connectivity index (χ4v) is 5.84. The average Bonchev–Trinajstić information content (AvgIpc) is 3.72. The highest BCUT2D eigenvalue weighted by Crippen LogP contribution is 2.36. The third-order valence-corrected chi connectivity index (χ3v) is 8.50. The number of nitrogens with one attached hydrogen (secondary N) is 2. The van der Waals surface area contributed by atoms with Gasteiger partial charge in [0.25, 0.3) is 11.6 Å². The van der Waals surface area contributed by atoms with Gasteiger partial charge in [0.1, 0.15) is 21.1 Å². The highest BCUT2D eigenvalue weighted by molar-refractivity contribution is 7.85. The predicted molar refractivity (Wildman–Crippen MR) is 157 cm³/mol. The summed E-state index contributed by atoms with van der Waals surface area (Å²) in [5, 5.41) is 23.5. The molecule has 1 fully saturated rings. The molecule has 1 aliphatic carbocycles. The lowest BCUT2D eigenvalue weighted by Crippen LogP contribution is -2.40. The lowest BCUT2D eigenvalue weighted by atomic mass is 10.0. The molecule has 2 amide bonds. The maximum absolute atomic E-state index is 13.8. The van der Waals surface area contributed by atoms with Crippen LogP contribution in [0.15, 0.2) is 64.7 Å². The van der Waals surface area contributed by atoms with E-state index in [1.807, 2.05) is 6.92 Å². The summed E-state index contributed by atoms with van der Waals surface area (Å²) in [4.78, 5) is 41.0. The molecule has 13 nitrogen and oxygen atoms in total. The number of pyridine rings is 1. The largest absolute Gasteiger partial charge is 0.744 e. The zero-order chi connectivity index (χ0) is 31.1. The molecule has 2 unspecified atom stereocenters. The number of nitro benzene ring substituents is 1. The van der Waals surface area contributed by atoms with Crippen molar-refractivity contribution in [3.63, 3.8) is 0 Å². The lowest BCUT2D eigenvalue weighted by Gasteiger charge is -2.23. The van der Waals surface area contributed by atoms with Crippen molar-refractivity contribution in [2.45, 2.75) is 43.2 Å². The van der Waals surface area contributed by atoms with E-state index in [1.54, 1.807) is 6.07 Å². The molecule has 2 heterocycles. The van der Waals surface area contributed by atoms with Crippen LogP contribution >= 0.6 is 23.2 Å². The van der Waals surface area contributed by atoms with Crippen molar-refractivity contribution in [1.29, 1.82) is 0 Å². The predicted octanol–water partition coefficient (Wildman–Crippen LogP) is 4.35. The third kappa shape index (κ3) is 6.46. The molecule has 1 aliphatic heterocycles. The first-order valence-electron chi connectivity index (χ1n) is 13.0. The van der Waals surface area contributed by atoms with Gasteiger partial charge in [0.15, 0.2) is 5.82 Å². The van der Waals surface area contributed by atoms with E-state index in [2.05, 4.69) is 20.7 Å². The van der Waals surface area contributed by atoms with E-state index in [1.165, 1.54) is 42.6 Å². The first-order valence-corrected chi connectivity index (χ1v) is 15.1.